The second-order valence-electron chi connectivity index (χ2n) is 5.90. The van der Waals surface area contributed by atoms with Crippen molar-refractivity contribution < 1.29 is 8.91 Å². The van der Waals surface area contributed by atoms with Gasteiger partial charge in [0.05, 0.1) is 11.4 Å². The Hall–Kier alpha value is -3.07. The number of benzene rings is 2. The summed E-state index contributed by atoms with van der Waals surface area (Å²) in [5.41, 5.74) is 3.88. The van der Waals surface area contributed by atoms with Gasteiger partial charge in [0.15, 0.2) is 5.82 Å². The lowest BCUT2D eigenvalue weighted by molar-refractivity contribution is 0.425. The lowest BCUT2D eigenvalue weighted by Gasteiger charge is -2.08. The van der Waals surface area contributed by atoms with E-state index in [9.17, 15) is 4.39 Å². The second kappa shape index (κ2) is 7.28. The number of rotatable bonds is 5. The Kier molecular flexibility index (Phi) is 4.68. The highest BCUT2D eigenvalue weighted by Crippen LogP contribution is 2.25. The minimum Gasteiger partial charge on any atom is -0.334 e. The summed E-state index contributed by atoms with van der Waals surface area (Å²) in [5.74, 6) is 0.984. The van der Waals surface area contributed by atoms with Crippen LogP contribution in [0.1, 0.15) is 17.0 Å². The number of tetrazole rings is 1. The van der Waals surface area contributed by atoms with Crippen molar-refractivity contribution in [3.63, 3.8) is 0 Å². The molecule has 4 aromatic rings. The van der Waals surface area contributed by atoms with Crippen LogP contribution in [-0.4, -0.2) is 30.3 Å². The van der Waals surface area contributed by atoms with E-state index in [1.54, 1.807) is 16.8 Å². The SMILES string of the molecule is Cc1cccc(-n2nnnc2SCc2noc(-c3ccc(F)cc3)n2)c1C. The van der Waals surface area contributed by atoms with Crippen LogP contribution in [0.3, 0.4) is 0 Å². The van der Waals surface area contributed by atoms with E-state index in [4.69, 9.17) is 4.52 Å². The van der Waals surface area contributed by atoms with E-state index < -0.39 is 0 Å². The molecule has 0 spiro atoms. The molecule has 0 saturated carbocycles. The van der Waals surface area contributed by atoms with E-state index in [0.717, 1.165) is 11.3 Å². The summed E-state index contributed by atoms with van der Waals surface area (Å²) in [6, 6.07) is 11.9. The number of hydrogen-bond donors (Lipinski definition) is 0. The highest BCUT2D eigenvalue weighted by atomic mass is 32.2. The van der Waals surface area contributed by atoms with Crippen molar-refractivity contribution in [3.8, 4) is 17.1 Å². The van der Waals surface area contributed by atoms with Gasteiger partial charge in [-0.25, -0.2) is 4.39 Å². The van der Waals surface area contributed by atoms with E-state index in [2.05, 4.69) is 25.7 Å². The standard InChI is InChI=1S/C18H15FN6OS/c1-11-4-3-5-15(12(11)2)25-18(21-23-24-25)27-10-16-20-17(26-22-16)13-6-8-14(19)9-7-13/h3-9H,10H2,1-2H3. The van der Waals surface area contributed by atoms with Crippen molar-refractivity contribution >= 4 is 11.8 Å². The summed E-state index contributed by atoms with van der Waals surface area (Å²) < 4.78 is 20.0. The topological polar surface area (TPSA) is 82.5 Å². The van der Waals surface area contributed by atoms with Gasteiger partial charge in [-0.3, -0.25) is 0 Å². The number of aryl methyl sites for hydroxylation is 1. The Labute approximate surface area is 158 Å². The smallest absolute Gasteiger partial charge is 0.257 e. The molecule has 0 aliphatic heterocycles. The molecule has 0 unspecified atom stereocenters. The maximum Gasteiger partial charge on any atom is 0.257 e. The van der Waals surface area contributed by atoms with Crippen molar-refractivity contribution in [2.24, 2.45) is 0 Å². The molecule has 0 bridgehead atoms. The number of nitrogens with zero attached hydrogens (tertiary/aromatic N) is 6. The van der Waals surface area contributed by atoms with Gasteiger partial charge < -0.3 is 4.52 Å². The van der Waals surface area contributed by atoms with Gasteiger partial charge in [0, 0.05) is 5.56 Å². The monoisotopic (exact) mass is 382 g/mol. The molecule has 7 nitrogen and oxygen atoms in total. The van der Waals surface area contributed by atoms with E-state index in [-0.39, 0.29) is 5.82 Å². The van der Waals surface area contributed by atoms with Crippen molar-refractivity contribution in [2.75, 3.05) is 0 Å². The van der Waals surface area contributed by atoms with E-state index >= 15 is 0 Å². The third-order valence-corrected chi connectivity index (χ3v) is 5.05. The molecule has 2 aromatic carbocycles. The maximum atomic E-state index is 13.0. The lowest BCUT2D eigenvalue weighted by atomic mass is 10.1. The molecule has 0 aliphatic carbocycles. The van der Waals surface area contributed by atoms with Gasteiger partial charge >= 0.3 is 0 Å². The van der Waals surface area contributed by atoms with Gasteiger partial charge in [-0.1, -0.05) is 29.1 Å². The first-order chi connectivity index (χ1) is 13.1. The molecule has 27 heavy (non-hydrogen) atoms. The van der Waals surface area contributed by atoms with Crippen LogP contribution in [0.15, 0.2) is 52.1 Å². The van der Waals surface area contributed by atoms with Gasteiger partial charge in [0.2, 0.25) is 5.16 Å². The molecule has 0 radical (unpaired) electrons. The van der Waals surface area contributed by atoms with Gasteiger partial charge in [-0.15, -0.1) is 5.10 Å². The van der Waals surface area contributed by atoms with Crippen LogP contribution in [0, 0.1) is 19.7 Å². The van der Waals surface area contributed by atoms with Crippen LogP contribution < -0.4 is 0 Å². The second-order valence-corrected chi connectivity index (χ2v) is 6.85. The third kappa shape index (κ3) is 3.59. The number of thioether (sulfide) groups is 1. The first-order valence-electron chi connectivity index (χ1n) is 8.18. The van der Waals surface area contributed by atoms with Crippen LogP contribution in [0.5, 0.6) is 0 Å². The van der Waals surface area contributed by atoms with Crippen molar-refractivity contribution in [1.82, 2.24) is 30.3 Å². The quantitative estimate of drug-likeness (QED) is 0.486. The molecule has 136 valence electrons. The van der Waals surface area contributed by atoms with Gasteiger partial charge in [0.1, 0.15) is 5.82 Å². The van der Waals surface area contributed by atoms with Crippen molar-refractivity contribution in [3.05, 3.63) is 65.2 Å². The van der Waals surface area contributed by atoms with Gasteiger partial charge in [-0.2, -0.15) is 9.67 Å². The predicted octanol–water partition coefficient (Wildman–Crippen LogP) is 3.76. The fourth-order valence-corrected chi connectivity index (χ4v) is 3.26. The normalized spacial score (nSPS) is 11.1. The Bertz CT molecular complexity index is 1080. The number of hydrogen-bond acceptors (Lipinski definition) is 7. The van der Waals surface area contributed by atoms with Crippen molar-refractivity contribution in [1.29, 1.82) is 0 Å². The summed E-state index contributed by atoms with van der Waals surface area (Å²) in [7, 11) is 0. The molecular formula is C18H15FN6OS. The van der Waals surface area contributed by atoms with Crippen LogP contribution in [0.2, 0.25) is 0 Å². The molecule has 0 aliphatic rings. The fourth-order valence-electron chi connectivity index (χ4n) is 2.54. The molecule has 4 rings (SSSR count). The molecule has 0 atom stereocenters. The molecule has 0 saturated heterocycles. The Morgan fingerprint density at radius 1 is 1.11 bits per heavy atom. The van der Waals surface area contributed by atoms with Crippen LogP contribution in [0.4, 0.5) is 4.39 Å². The molecular weight excluding hydrogens is 367 g/mol. The third-order valence-electron chi connectivity index (χ3n) is 4.13. The summed E-state index contributed by atoms with van der Waals surface area (Å²) in [4.78, 5) is 4.34. The zero-order valence-electron chi connectivity index (χ0n) is 14.6. The number of aromatic nitrogens is 6. The summed E-state index contributed by atoms with van der Waals surface area (Å²) in [5, 5.41) is 16.6. The zero-order chi connectivity index (χ0) is 18.8. The van der Waals surface area contributed by atoms with E-state index in [1.807, 2.05) is 32.0 Å². The first kappa shape index (κ1) is 17.3. The Balaban J connectivity index is 1.51. The van der Waals surface area contributed by atoms with E-state index in [1.165, 1.54) is 29.5 Å². The fraction of sp³-hybridized carbons (Fsp3) is 0.167. The molecule has 0 amide bonds. The predicted molar refractivity (Wildman–Crippen MR) is 97.9 cm³/mol. The van der Waals surface area contributed by atoms with Crippen LogP contribution >= 0.6 is 11.8 Å². The Morgan fingerprint density at radius 3 is 2.74 bits per heavy atom. The summed E-state index contributed by atoms with van der Waals surface area (Å²) >= 11 is 1.41. The van der Waals surface area contributed by atoms with Gasteiger partial charge in [0.25, 0.3) is 5.89 Å². The average Bonchev–Trinajstić information content (AvgIpc) is 3.32. The number of halogens is 1. The highest BCUT2D eigenvalue weighted by Gasteiger charge is 2.15. The minimum atomic E-state index is -0.313. The molecule has 0 fully saturated rings. The van der Waals surface area contributed by atoms with Gasteiger partial charge in [-0.05, 0) is 65.7 Å². The van der Waals surface area contributed by atoms with E-state index in [0.29, 0.717) is 28.2 Å². The average molecular weight is 382 g/mol. The van der Waals surface area contributed by atoms with Crippen LogP contribution in [-0.2, 0) is 5.75 Å². The molecule has 2 heterocycles. The van der Waals surface area contributed by atoms with Crippen LogP contribution in [0.25, 0.3) is 17.1 Å². The van der Waals surface area contributed by atoms with Crippen molar-refractivity contribution in [2.45, 2.75) is 24.8 Å². The Morgan fingerprint density at radius 2 is 1.93 bits per heavy atom. The molecule has 0 N–H and O–H groups in total. The minimum absolute atomic E-state index is 0.313. The molecule has 2 aromatic heterocycles. The summed E-state index contributed by atoms with van der Waals surface area (Å²) in [6.45, 7) is 4.08. The highest BCUT2D eigenvalue weighted by molar-refractivity contribution is 7.98. The largest absolute Gasteiger partial charge is 0.334 e. The maximum absolute atomic E-state index is 13.0. The first-order valence-corrected chi connectivity index (χ1v) is 9.16. The zero-order valence-corrected chi connectivity index (χ0v) is 15.4. The molecule has 9 heteroatoms. The summed E-state index contributed by atoms with van der Waals surface area (Å²) in [6.07, 6.45) is 0. The lowest BCUT2D eigenvalue weighted by Crippen LogP contribution is -2.02.